The molecule has 2 aromatic rings. The van der Waals surface area contributed by atoms with E-state index in [4.69, 9.17) is 0 Å². The molecule has 0 amide bonds. The lowest BCUT2D eigenvalue weighted by Gasteiger charge is -2.20. The molecule has 0 fully saturated rings. The molecule has 0 spiro atoms. The fourth-order valence-electron chi connectivity index (χ4n) is 2.22. The average molecular weight is 262 g/mol. The number of halogens is 2. The number of hydrogen-bond donors (Lipinski definition) is 1. The van der Waals surface area contributed by atoms with Crippen molar-refractivity contribution in [3.63, 3.8) is 0 Å². The van der Waals surface area contributed by atoms with Crippen LogP contribution in [0.3, 0.4) is 0 Å². The Bertz CT molecular complexity index is 597. The minimum atomic E-state index is -0.838. The van der Waals surface area contributed by atoms with E-state index in [0.29, 0.717) is 0 Å². The monoisotopic (exact) mass is 262 g/mol. The topological polar surface area (TPSA) is 24.9 Å². The zero-order chi connectivity index (χ0) is 14.0. The van der Waals surface area contributed by atoms with Gasteiger partial charge in [0.15, 0.2) is 11.6 Å². The van der Waals surface area contributed by atoms with Crippen LogP contribution in [0.15, 0.2) is 30.3 Å². The number of nitrogens with zero attached hydrogens (tertiary/aromatic N) is 1. The quantitative estimate of drug-likeness (QED) is 0.918. The van der Waals surface area contributed by atoms with E-state index in [1.807, 2.05) is 26.0 Å². The van der Waals surface area contributed by atoms with Gasteiger partial charge in [-0.25, -0.2) is 8.78 Å². The van der Waals surface area contributed by atoms with Crippen LogP contribution in [-0.2, 0) is 0 Å². The van der Waals surface area contributed by atoms with Crippen molar-refractivity contribution < 1.29 is 8.78 Å². The van der Waals surface area contributed by atoms with Gasteiger partial charge >= 0.3 is 0 Å². The molecule has 2 nitrogen and oxygen atoms in total. The summed E-state index contributed by atoms with van der Waals surface area (Å²) in [6, 6.07) is 7.55. The lowest BCUT2D eigenvalue weighted by Crippen LogP contribution is -2.21. The second-order valence-corrected chi connectivity index (χ2v) is 4.49. The third-order valence-corrected chi connectivity index (χ3v) is 3.16. The van der Waals surface area contributed by atoms with Crippen LogP contribution in [0.4, 0.5) is 8.78 Å². The Hall–Kier alpha value is -1.81. The molecular formula is C15H16F2N2. The van der Waals surface area contributed by atoms with Crippen LogP contribution in [0.5, 0.6) is 0 Å². The lowest BCUT2D eigenvalue weighted by molar-refractivity contribution is 0.487. The van der Waals surface area contributed by atoms with Crippen molar-refractivity contribution in [2.45, 2.75) is 19.9 Å². The fourth-order valence-corrected chi connectivity index (χ4v) is 2.22. The molecule has 2 rings (SSSR count). The minimum absolute atomic E-state index is 0.288. The molecule has 1 unspecified atom stereocenters. The second kappa shape index (κ2) is 5.45. The summed E-state index contributed by atoms with van der Waals surface area (Å²) >= 11 is 0. The maximum Gasteiger partial charge on any atom is 0.163 e. The summed E-state index contributed by atoms with van der Waals surface area (Å²) in [5.74, 6) is -1.66. The number of pyridine rings is 1. The van der Waals surface area contributed by atoms with Gasteiger partial charge in [0, 0.05) is 17.0 Å². The molecule has 0 bridgehead atoms. The normalized spacial score (nSPS) is 12.5. The van der Waals surface area contributed by atoms with Crippen molar-refractivity contribution in [1.29, 1.82) is 0 Å². The first kappa shape index (κ1) is 13.6. The van der Waals surface area contributed by atoms with E-state index in [9.17, 15) is 8.78 Å². The average Bonchev–Trinajstić information content (AvgIpc) is 2.37. The van der Waals surface area contributed by atoms with Gasteiger partial charge in [0.25, 0.3) is 0 Å². The van der Waals surface area contributed by atoms with Gasteiger partial charge in [-0.15, -0.1) is 0 Å². The first-order valence-electron chi connectivity index (χ1n) is 6.10. The molecule has 1 atom stereocenters. The summed E-state index contributed by atoms with van der Waals surface area (Å²) in [6.07, 6.45) is 0. The number of aryl methyl sites for hydroxylation is 2. The zero-order valence-electron chi connectivity index (χ0n) is 11.2. The molecule has 0 aliphatic carbocycles. The molecule has 4 heteroatoms. The Kier molecular flexibility index (Phi) is 3.90. The van der Waals surface area contributed by atoms with E-state index < -0.39 is 17.7 Å². The Morgan fingerprint density at radius 2 is 1.79 bits per heavy atom. The van der Waals surface area contributed by atoms with E-state index >= 15 is 0 Å². The lowest BCUT2D eigenvalue weighted by atomic mass is 9.97. The highest BCUT2D eigenvalue weighted by Crippen LogP contribution is 2.27. The second-order valence-electron chi connectivity index (χ2n) is 4.49. The summed E-state index contributed by atoms with van der Waals surface area (Å²) in [5, 5.41) is 3.02. The molecule has 0 saturated carbocycles. The van der Waals surface area contributed by atoms with Crippen LogP contribution < -0.4 is 5.32 Å². The van der Waals surface area contributed by atoms with Crippen LogP contribution in [0, 0.1) is 25.5 Å². The van der Waals surface area contributed by atoms with Gasteiger partial charge in [-0.3, -0.25) is 4.98 Å². The van der Waals surface area contributed by atoms with Crippen molar-refractivity contribution in [2.75, 3.05) is 7.05 Å². The van der Waals surface area contributed by atoms with Gasteiger partial charge in [-0.2, -0.15) is 0 Å². The third kappa shape index (κ3) is 2.63. The Balaban J connectivity index is 2.53. The Labute approximate surface area is 111 Å². The zero-order valence-corrected chi connectivity index (χ0v) is 11.2. The van der Waals surface area contributed by atoms with E-state index in [2.05, 4.69) is 10.3 Å². The third-order valence-electron chi connectivity index (χ3n) is 3.16. The van der Waals surface area contributed by atoms with Gasteiger partial charge in [0.2, 0.25) is 0 Å². The molecular weight excluding hydrogens is 246 g/mol. The van der Waals surface area contributed by atoms with Gasteiger partial charge in [0.1, 0.15) is 0 Å². The summed E-state index contributed by atoms with van der Waals surface area (Å²) in [4.78, 5) is 4.36. The SMILES string of the molecule is CNC(c1ccc(C)nc1C)c1cccc(F)c1F. The Morgan fingerprint density at radius 1 is 1.05 bits per heavy atom. The van der Waals surface area contributed by atoms with E-state index in [-0.39, 0.29) is 5.56 Å². The van der Waals surface area contributed by atoms with Crippen LogP contribution in [0.2, 0.25) is 0 Å². The summed E-state index contributed by atoms with van der Waals surface area (Å²) in [6.45, 7) is 3.76. The molecule has 1 N–H and O–H groups in total. The largest absolute Gasteiger partial charge is 0.309 e. The predicted molar refractivity (Wildman–Crippen MR) is 71.0 cm³/mol. The van der Waals surface area contributed by atoms with Gasteiger partial charge in [-0.1, -0.05) is 18.2 Å². The molecule has 0 aliphatic rings. The van der Waals surface area contributed by atoms with Crippen LogP contribution in [0.25, 0.3) is 0 Å². The van der Waals surface area contributed by atoms with Gasteiger partial charge in [-0.05, 0) is 38.6 Å². The number of nitrogens with one attached hydrogen (secondary N) is 1. The molecule has 1 aromatic heterocycles. The molecule has 1 heterocycles. The first-order valence-corrected chi connectivity index (χ1v) is 6.10. The Morgan fingerprint density at radius 3 is 2.42 bits per heavy atom. The van der Waals surface area contributed by atoms with Gasteiger partial charge < -0.3 is 5.32 Å². The van der Waals surface area contributed by atoms with Crippen molar-refractivity contribution in [2.24, 2.45) is 0 Å². The molecule has 19 heavy (non-hydrogen) atoms. The van der Waals surface area contributed by atoms with Crippen LogP contribution in [-0.4, -0.2) is 12.0 Å². The van der Waals surface area contributed by atoms with E-state index in [1.54, 1.807) is 13.1 Å². The van der Waals surface area contributed by atoms with E-state index in [1.165, 1.54) is 6.07 Å². The maximum atomic E-state index is 13.9. The smallest absolute Gasteiger partial charge is 0.163 e. The maximum absolute atomic E-state index is 13.9. The standard InChI is InChI=1S/C15H16F2N2/c1-9-7-8-11(10(2)19-9)15(18-3)12-5-4-6-13(16)14(12)17/h4-8,15,18H,1-3H3. The highest BCUT2D eigenvalue weighted by molar-refractivity contribution is 5.35. The van der Waals surface area contributed by atoms with Crippen LogP contribution in [0.1, 0.15) is 28.6 Å². The van der Waals surface area contributed by atoms with Crippen molar-refractivity contribution >= 4 is 0 Å². The molecule has 1 aromatic carbocycles. The fraction of sp³-hybridized carbons (Fsp3) is 0.267. The summed E-state index contributed by atoms with van der Waals surface area (Å²) in [5.41, 5.74) is 2.84. The number of aromatic nitrogens is 1. The van der Waals surface area contributed by atoms with Crippen molar-refractivity contribution in [1.82, 2.24) is 10.3 Å². The van der Waals surface area contributed by atoms with Crippen molar-refractivity contribution in [3.8, 4) is 0 Å². The molecule has 100 valence electrons. The summed E-state index contributed by atoms with van der Waals surface area (Å²) < 4.78 is 27.2. The molecule has 0 saturated heterocycles. The van der Waals surface area contributed by atoms with E-state index in [0.717, 1.165) is 23.0 Å². The number of rotatable bonds is 3. The van der Waals surface area contributed by atoms with Gasteiger partial charge in [0.05, 0.1) is 6.04 Å². The minimum Gasteiger partial charge on any atom is -0.309 e. The summed E-state index contributed by atoms with van der Waals surface area (Å²) in [7, 11) is 1.72. The number of benzene rings is 1. The first-order chi connectivity index (χ1) is 9.04. The number of hydrogen-bond acceptors (Lipinski definition) is 2. The molecule has 0 aliphatic heterocycles. The molecule has 0 radical (unpaired) electrons. The van der Waals surface area contributed by atoms with Crippen LogP contribution >= 0.6 is 0 Å². The highest BCUT2D eigenvalue weighted by Gasteiger charge is 2.20. The van der Waals surface area contributed by atoms with Crippen molar-refractivity contribution in [3.05, 3.63) is 64.5 Å². The highest BCUT2D eigenvalue weighted by atomic mass is 19.2. The predicted octanol–water partition coefficient (Wildman–Crippen LogP) is 3.29.